The van der Waals surface area contributed by atoms with Crippen molar-refractivity contribution in [1.82, 2.24) is 10.2 Å². The van der Waals surface area contributed by atoms with Crippen LogP contribution in [0.4, 0.5) is 14.9 Å². The molecule has 1 saturated heterocycles. The summed E-state index contributed by atoms with van der Waals surface area (Å²) in [6, 6.07) is 6.51. The summed E-state index contributed by atoms with van der Waals surface area (Å²) in [5.41, 5.74) is 0.240. The van der Waals surface area contributed by atoms with E-state index in [1.54, 1.807) is 23.1 Å². The van der Waals surface area contributed by atoms with Crippen molar-refractivity contribution < 1.29 is 9.18 Å². The number of rotatable bonds is 4. The average molecular weight is 279 g/mol. The van der Waals surface area contributed by atoms with Crippen molar-refractivity contribution in [3.8, 4) is 0 Å². The first-order valence-electron chi connectivity index (χ1n) is 7.24. The molecule has 1 fully saturated rings. The molecular weight excluding hydrogens is 257 g/mol. The van der Waals surface area contributed by atoms with E-state index in [2.05, 4.69) is 17.6 Å². The highest BCUT2D eigenvalue weighted by Gasteiger charge is 2.22. The fraction of sp³-hybridized carbons (Fsp3) is 0.533. The summed E-state index contributed by atoms with van der Waals surface area (Å²) >= 11 is 0. The van der Waals surface area contributed by atoms with Crippen molar-refractivity contribution >= 4 is 11.7 Å². The maximum atomic E-state index is 13.5. The maximum absolute atomic E-state index is 13.5. The number of halogens is 1. The first-order valence-corrected chi connectivity index (χ1v) is 7.24. The van der Waals surface area contributed by atoms with Gasteiger partial charge >= 0.3 is 6.03 Å². The van der Waals surface area contributed by atoms with Gasteiger partial charge < -0.3 is 15.5 Å². The van der Waals surface area contributed by atoms with Gasteiger partial charge in [-0.2, -0.15) is 0 Å². The quantitative estimate of drug-likeness (QED) is 0.890. The Labute approximate surface area is 119 Å². The van der Waals surface area contributed by atoms with Crippen molar-refractivity contribution in [1.29, 1.82) is 0 Å². The lowest BCUT2D eigenvalue weighted by molar-refractivity contribution is 0.189. The van der Waals surface area contributed by atoms with Crippen LogP contribution in [0.5, 0.6) is 0 Å². The number of hydrogen-bond acceptors (Lipinski definition) is 2. The largest absolute Gasteiger partial charge is 0.324 e. The van der Waals surface area contributed by atoms with E-state index in [0.29, 0.717) is 19.1 Å². The Morgan fingerprint density at radius 2 is 2.05 bits per heavy atom. The molecule has 1 aromatic rings. The summed E-state index contributed by atoms with van der Waals surface area (Å²) in [6.45, 7) is 4.58. The van der Waals surface area contributed by atoms with Gasteiger partial charge in [-0.3, -0.25) is 0 Å². The molecular formula is C15H22FN3O. The Morgan fingerprint density at radius 1 is 1.35 bits per heavy atom. The van der Waals surface area contributed by atoms with Crippen molar-refractivity contribution in [2.45, 2.75) is 32.2 Å². The molecule has 20 heavy (non-hydrogen) atoms. The minimum Gasteiger partial charge on any atom is -0.324 e. The average Bonchev–Trinajstić information content (AvgIpc) is 2.48. The van der Waals surface area contributed by atoms with Crippen LogP contribution in [0.25, 0.3) is 0 Å². The Hall–Kier alpha value is -1.62. The molecule has 1 heterocycles. The van der Waals surface area contributed by atoms with Gasteiger partial charge in [0.2, 0.25) is 0 Å². The molecule has 0 bridgehead atoms. The van der Waals surface area contributed by atoms with Gasteiger partial charge in [-0.25, -0.2) is 9.18 Å². The second kappa shape index (κ2) is 7.24. The van der Waals surface area contributed by atoms with Gasteiger partial charge in [0.25, 0.3) is 0 Å². The fourth-order valence-corrected chi connectivity index (χ4v) is 2.39. The predicted octanol–water partition coefficient (Wildman–Crippen LogP) is 2.82. The predicted molar refractivity (Wildman–Crippen MR) is 78.3 cm³/mol. The minimum atomic E-state index is -0.402. The van der Waals surface area contributed by atoms with Crippen LogP contribution in [0.3, 0.4) is 0 Å². The molecule has 0 aliphatic carbocycles. The van der Waals surface area contributed by atoms with E-state index in [1.807, 2.05) is 0 Å². The lowest BCUT2D eigenvalue weighted by Gasteiger charge is -2.32. The van der Waals surface area contributed by atoms with E-state index in [1.165, 1.54) is 6.07 Å². The third-order valence-electron chi connectivity index (χ3n) is 3.58. The smallest absolute Gasteiger partial charge is 0.321 e. The number of nitrogens with zero attached hydrogens (tertiary/aromatic N) is 1. The number of benzene rings is 1. The van der Waals surface area contributed by atoms with E-state index in [4.69, 9.17) is 0 Å². The van der Waals surface area contributed by atoms with Crippen LogP contribution >= 0.6 is 0 Å². The number of amides is 2. The number of para-hydroxylation sites is 1. The molecule has 2 rings (SSSR count). The Kier molecular flexibility index (Phi) is 5.35. The number of likely N-dealkylation sites (tertiary alicyclic amines) is 1. The number of urea groups is 1. The van der Waals surface area contributed by atoms with Crippen LogP contribution in [0.15, 0.2) is 24.3 Å². The van der Waals surface area contributed by atoms with Crippen molar-refractivity contribution in [3.63, 3.8) is 0 Å². The van der Waals surface area contributed by atoms with Crippen molar-refractivity contribution in [3.05, 3.63) is 30.1 Å². The molecule has 0 spiro atoms. The van der Waals surface area contributed by atoms with Crippen LogP contribution in [0.2, 0.25) is 0 Å². The van der Waals surface area contributed by atoms with E-state index < -0.39 is 5.82 Å². The number of piperidine rings is 1. The molecule has 4 nitrogen and oxygen atoms in total. The topological polar surface area (TPSA) is 44.4 Å². The van der Waals surface area contributed by atoms with E-state index in [0.717, 1.165) is 25.8 Å². The molecule has 0 saturated carbocycles. The van der Waals surface area contributed by atoms with E-state index in [-0.39, 0.29) is 11.7 Å². The van der Waals surface area contributed by atoms with Crippen LogP contribution < -0.4 is 10.6 Å². The van der Waals surface area contributed by atoms with Gasteiger partial charge in [0.15, 0.2) is 0 Å². The van der Waals surface area contributed by atoms with Crippen LogP contribution in [-0.4, -0.2) is 36.6 Å². The van der Waals surface area contributed by atoms with Crippen LogP contribution in [0, 0.1) is 5.82 Å². The molecule has 1 aliphatic rings. The summed E-state index contributed by atoms with van der Waals surface area (Å²) < 4.78 is 13.5. The zero-order valence-electron chi connectivity index (χ0n) is 11.9. The number of carbonyl (C=O) groups excluding carboxylic acids is 1. The number of nitrogens with one attached hydrogen (secondary N) is 2. The molecule has 0 radical (unpaired) electrons. The molecule has 2 amide bonds. The Bertz CT molecular complexity index is 444. The summed E-state index contributed by atoms with van der Waals surface area (Å²) in [7, 11) is 0. The highest BCUT2D eigenvalue weighted by atomic mass is 19.1. The monoisotopic (exact) mass is 279 g/mol. The molecule has 110 valence electrons. The third kappa shape index (κ3) is 3.93. The lowest BCUT2D eigenvalue weighted by Crippen LogP contribution is -2.46. The van der Waals surface area contributed by atoms with Gasteiger partial charge in [-0.15, -0.1) is 0 Å². The molecule has 1 aliphatic heterocycles. The molecule has 0 unspecified atom stereocenters. The van der Waals surface area contributed by atoms with E-state index >= 15 is 0 Å². The normalized spacial score (nSPS) is 16.2. The zero-order valence-corrected chi connectivity index (χ0v) is 11.9. The first kappa shape index (κ1) is 14.8. The maximum Gasteiger partial charge on any atom is 0.321 e. The lowest BCUT2D eigenvalue weighted by atomic mass is 10.1. The Morgan fingerprint density at radius 3 is 2.70 bits per heavy atom. The molecule has 1 aromatic carbocycles. The molecule has 0 atom stereocenters. The first-order chi connectivity index (χ1) is 9.70. The molecule has 5 heteroatoms. The van der Waals surface area contributed by atoms with Gasteiger partial charge in [0, 0.05) is 19.1 Å². The standard InChI is InChI=1S/C15H22FN3O/c1-2-9-17-12-7-10-19(11-8-12)15(20)18-14-6-4-3-5-13(14)16/h3-6,12,17H,2,7-11H2,1H3,(H,18,20). The summed E-state index contributed by atoms with van der Waals surface area (Å²) in [5, 5.41) is 6.10. The SMILES string of the molecule is CCCNC1CCN(C(=O)Nc2ccccc2F)CC1. The summed E-state index contributed by atoms with van der Waals surface area (Å²) in [4.78, 5) is 13.8. The minimum absolute atomic E-state index is 0.218. The van der Waals surface area contributed by atoms with Gasteiger partial charge in [-0.1, -0.05) is 19.1 Å². The van der Waals surface area contributed by atoms with E-state index in [9.17, 15) is 9.18 Å². The Balaban J connectivity index is 1.82. The van der Waals surface area contributed by atoms with Gasteiger partial charge in [0.05, 0.1) is 5.69 Å². The highest BCUT2D eigenvalue weighted by Crippen LogP contribution is 2.15. The van der Waals surface area contributed by atoms with Gasteiger partial charge in [0.1, 0.15) is 5.82 Å². The van der Waals surface area contributed by atoms with Gasteiger partial charge in [-0.05, 0) is 37.9 Å². The number of carbonyl (C=O) groups is 1. The van der Waals surface area contributed by atoms with Crippen molar-refractivity contribution in [2.24, 2.45) is 0 Å². The fourth-order valence-electron chi connectivity index (χ4n) is 2.39. The third-order valence-corrected chi connectivity index (χ3v) is 3.58. The molecule has 0 aromatic heterocycles. The highest BCUT2D eigenvalue weighted by molar-refractivity contribution is 5.89. The number of hydrogen-bond donors (Lipinski definition) is 2. The zero-order chi connectivity index (χ0) is 14.4. The molecule has 2 N–H and O–H groups in total. The van der Waals surface area contributed by atoms with Crippen LogP contribution in [-0.2, 0) is 0 Å². The second-order valence-corrected chi connectivity index (χ2v) is 5.13. The second-order valence-electron chi connectivity index (χ2n) is 5.13. The van der Waals surface area contributed by atoms with Crippen molar-refractivity contribution in [2.75, 3.05) is 25.0 Å². The van der Waals surface area contributed by atoms with Crippen LogP contribution in [0.1, 0.15) is 26.2 Å². The summed E-state index contributed by atoms with van der Waals surface area (Å²) in [5.74, 6) is -0.402. The summed E-state index contributed by atoms with van der Waals surface area (Å²) in [6.07, 6.45) is 3.02. The number of anilines is 1.